The van der Waals surface area contributed by atoms with Crippen molar-refractivity contribution in [3.8, 4) is 24.7 Å². The Bertz CT molecular complexity index is 175. The Labute approximate surface area is 87.0 Å². The zero-order valence-electron chi connectivity index (χ0n) is 8.79. The SMILES string of the molecule is C#CCCCOC(C)OCCCC#C. The van der Waals surface area contributed by atoms with E-state index in [1.165, 1.54) is 0 Å². The smallest absolute Gasteiger partial charge is 0.154 e. The van der Waals surface area contributed by atoms with E-state index in [1.807, 2.05) is 6.92 Å². The molecule has 0 aliphatic carbocycles. The van der Waals surface area contributed by atoms with Crippen molar-refractivity contribution in [2.45, 2.75) is 38.9 Å². The van der Waals surface area contributed by atoms with Gasteiger partial charge in [0.2, 0.25) is 0 Å². The number of hydrogen-bond donors (Lipinski definition) is 0. The number of hydrogen-bond acceptors (Lipinski definition) is 2. The average Bonchev–Trinajstić information content (AvgIpc) is 2.19. The molecule has 0 rings (SSSR count). The van der Waals surface area contributed by atoms with Gasteiger partial charge in [-0.1, -0.05) is 0 Å². The second-order valence-corrected chi connectivity index (χ2v) is 2.92. The number of rotatable bonds is 8. The van der Waals surface area contributed by atoms with Crippen LogP contribution in [0, 0.1) is 24.7 Å². The molecule has 0 bridgehead atoms. The molecule has 0 saturated carbocycles. The minimum Gasteiger partial charge on any atom is -0.353 e. The summed E-state index contributed by atoms with van der Waals surface area (Å²) in [6.45, 7) is 3.19. The Morgan fingerprint density at radius 2 is 1.43 bits per heavy atom. The van der Waals surface area contributed by atoms with Gasteiger partial charge in [0.25, 0.3) is 0 Å². The molecule has 0 fully saturated rings. The molecule has 0 amide bonds. The van der Waals surface area contributed by atoms with Gasteiger partial charge in [-0.15, -0.1) is 24.7 Å². The molecule has 2 nitrogen and oxygen atoms in total. The first kappa shape index (κ1) is 13.0. The van der Waals surface area contributed by atoms with Crippen molar-refractivity contribution in [2.75, 3.05) is 13.2 Å². The van der Waals surface area contributed by atoms with Crippen LogP contribution in [0.5, 0.6) is 0 Å². The first-order valence-corrected chi connectivity index (χ1v) is 4.91. The van der Waals surface area contributed by atoms with Crippen molar-refractivity contribution in [1.82, 2.24) is 0 Å². The topological polar surface area (TPSA) is 18.5 Å². The summed E-state index contributed by atoms with van der Waals surface area (Å²) in [6.07, 6.45) is 13.3. The Morgan fingerprint density at radius 3 is 1.79 bits per heavy atom. The van der Waals surface area contributed by atoms with Crippen molar-refractivity contribution in [1.29, 1.82) is 0 Å². The van der Waals surface area contributed by atoms with Crippen molar-refractivity contribution in [3.05, 3.63) is 0 Å². The van der Waals surface area contributed by atoms with E-state index in [9.17, 15) is 0 Å². The normalized spacial score (nSPS) is 9.71. The van der Waals surface area contributed by atoms with Gasteiger partial charge in [-0.3, -0.25) is 0 Å². The van der Waals surface area contributed by atoms with E-state index >= 15 is 0 Å². The molecule has 0 aromatic heterocycles. The van der Waals surface area contributed by atoms with E-state index < -0.39 is 0 Å². The standard InChI is InChI=1S/C12H18O2/c1-4-6-8-10-13-12(3)14-11-9-7-5-2/h1-2,12H,6-11H2,3H3. The van der Waals surface area contributed by atoms with Crippen LogP contribution < -0.4 is 0 Å². The zero-order chi connectivity index (χ0) is 10.6. The molecule has 0 aromatic rings. The number of ether oxygens (including phenoxy) is 2. The molecule has 0 aromatic carbocycles. The van der Waals surface area contributed by atoms with Crippen molar-refractivity contribution in [3.63, 3.8) is 0 Å². The first-order chi connectivity index (χ1) is 6.81. The van der Waals surface area contributed by atoms with E-state index in [2.05, 4.69) is 11.8 Å². The minimum absolute atomic E-state index is 0.162. The van der Waals surface area contributed by atoms with E-state index in [-0.39, 0.29) is 6.29 Å². The highest BCUT2D eigenvalue weighted by Gasteiger charge is 2.00. The van der Waals surface area contributed by atoms with Crippen LogP contribution in [-0.4, -0.2) is 19.5 Å². The molecular formula is C12H18O2. The van der Waals surface area contributed by atoms with Gasteiger partial charge in [0.15, 0.2) is 6.29 Å². The molecule has 0 aliphatic rings. The van der Waals surface area contributed by atoms with Crippen LogP contribution >= 0.6 is 0 Å². The maximum Gasteiger partial charge on any atom is 0.154 e. The van der Waals surface area contributed by atoms with Crippen LogP contribution in [0.1, 0.15) is 32.6 Å². The lowest BCUT2D eigenvalue weighted by Gasteiger charge is -2.12. The van der Waals surface area contributed by atoms with E-state index in [0.29, 0.717) is 13.2 Å². The Morgan fingerprint density at radius 1 is 1.00 bits per heavy atom. The van der Waals surface area contributed by atoms with Gasteiger partial charge in [0.05, 0.1) is 13.2 Å². The van der Waals surface area contributed by atoms with Crippen LogP contribution in [0.3, 0.4) is 0 Å². The summed E-state index contributed by atoms with van der Waals surface area (Å²) in [4.78, 5) is 0. The summed E-state index contributed by atoms with van der Waals surface area (Å²) in [5.74, 6) is 5.12. The fraction of sp³-hybridized carbons (Fsp3) is 0.667. The van der Waals surface area contributed by atoms with Crippen molar-refractivity contribution in [2.24, 2.45) is 0 Å². The van der Waals surface area contributed by atoms with Gasteiger partial charge in [0.1, 0.15) is 0 Å². The summed E-state index contributed by atoms with van der Waals surface area (Å²) < 4.78 is 10.7. The molecule has 0 N–H and O–H groups in total. The average molecular weight is 194 g/mol. The molecular weight excluding hydrogens is 176 g/mol. The van der Waals surface area contributed by atoms with Gasteiger partial charge in [0, 0.05) is 12.8 Å². The summed E-state index contributed by atoms with van der Waals surface area (Å²) in [5, 5.41) is 0. The largest absolute Gasteiger partial charge is 0.353 e. The van der Waals surface area contributed by atoms with Gasteiger partial charge in [-0.25, -0.2) is 0 Å². The van der Waals surface area contributed by atoms with Crippen LogP contribution in [0.15, 0.2) is 0 Å². The van der Waals surface area contributed by atoms with Crippen LogP contribution in [0.25, 0.3) is 0 Å². The highest BCUT2D eigenvalue weighted by molar-refractivity contribution is 4.83. The van der Waals surface area contributed by atoms with Gasteiger partial charge < -0.3 is 9.47 Å². The van der Waals surface area contributed by atoms with Crippen molar-refractivity contribution < 1.29 is 9.47 Å². The number of terminal acetylenes is 2. The lowest BCUT2D eigenvalue weighted by molar-refractivity contribution is -0.130. The molecule has 2 heteroatoms. The molecule has 0 radical (unpaired) electrons. The maximum absolute atomic E-state index is 5.35. The fourth-order valence-corrected chi connectivity index (χ4v) is 0.895. The Kier molecular flexibility index (Phi) is 9.43. The molecule has 0 spiro atoms. The molecule has 0 aliphatic heterocycles. The van der Waals surface area contributed by atoms with Crippen molar-refractivity contribution >= 4 is 0 Å². The number of unbranched alkanes of at least 4 members (excludes halogenated alkanes) is 2. The Hall–Kier alpha value is -0.960. The highest BCUT2D eigenvalue weighted by atomic mass is 16.7. The minimum atomic E-state index is -0.162. The second-order valence-electron chi connectivity index (χ2n) is 2.92. The molecule has 0 heterocycles. The molecule has 0 unspecified atom stereocenters. The van der Waals surface area contributed by atoms with Crippen LogP contribution in [0.4, 0.5) is 0 Å². The molecule has 78 valence electrons. The predicted molar refractivity (Wildman–Crippen MR) is 57.5 cm³/mol. The summed E-state index contributed by atoms with van der Waals surface area (Å²) in [5.41, 5.74) is 0. The van der Waals surface area contributed by atoms with E-state index in [1.54, 1.807) is 0 Å². The molecule has 0 saturated heterocycles. The third-order valence-electron chi connectivity index (χ3n) is 1.64. The summed E-state index contributed by atoms with van der Waals surface area (Å²) >= 11 is 0. The molecule has 14 heavy (non-hydrogen) atoms. The van der Waals surface area contributed by atoms with Gasteiger partial charge >= 0.3 is 0 Å². The zero-order valence-corrected chi connectivity index (χ0v) is 8.79. The second kappa shape index (κ2) is 10.1. The van der Waals surface area contributed by atoms with E-state index in [0.717, 1.165) is 25.7 Å². The van der Waals surface area contributed by atoms with Gasteiger partial charge in [-0.05, 0) is 19.8 Å². The lowest BCUT2D eigenvalue weighted by atomic mass is 10.3. The fourth-order valence-electron chi connectivity index (χ4n) is 0.895. The summed E-state index contributed by atoms with van der Waals surface area (Å²) in [7, 11) is 0. The Balaban J connectivity index is 3.16. The lowest BCUT2D eigenvalue weighted by Crippen LogP contribution is -2.14. The van der Waals surface area contributed by atoms with Gasteiger partial charge in [-0.2, -0.15) is 0 Å². The molecule has 0 atom stereocenters. The van der Waals surface area contributed by atoms with Crippen LogP contribution in [-0.2, 0) is 9.47 Å². The predicted octanol–water partition coefficient (Wildman–Crippen LogP) is 2.19. The van der Waals surface area contributed by atoms with Crippen LogP contribution in [0.2, 0.25) is 0 Å². The third kappa shape index (κ3) is 9.13. The van der Waals surface area contributed by atoms with E-state index in [4.69, 9.17) is 22.3 Å². The summed E-state index contributed by atoms with van der Waals surface area (Å²) in [6, 6.07) is 0. The first-order valence-electron chi connectivity index (χ1n) is 4.91. The third-order valence-corrected chi connectivity index (χ3v) is 1.64. The monoisotopic (exact) mass is 194 g/mol. The maximum atomic E-state index is 5.35. The highest BCUT2D eigenvalue weighted by Crippen LogP contribution is 1.98. The quantitative estimate of drug-likeness (QED) is 0.335.